The number of urea groups is 1. The summed E-state index contributed by atoms with van der Waals surface area (Å²) in [6.45, 7) is 3.57. The molecule has 0 unspecified atom stereocenters. The molecule has 0 saturated heterocycles. The predicted octanol–water partition coefficient (Wildman–Crippen LogP) is 4.77. The van der Waals surface area contributed by atoms with Gasteiger partial charge in [0.25, 0.3) is 0 Å². The molecule has 0 radical (unpaired) electrons. The van der Waals surface area contributed by atoms with E-state index in [1.54, 1.807) is 54.7 Å². The van der Waals surface area contributed by atoms with Crippen LogP contribution in [-0.2, 0) is 22.6 Å². The molecule has 1 heterocycles. The van der Waals surface area contributed by atoms with Crippen molar-refractivity contribution in [3.05, 3.63) is 82.0 Å². The predicted molar refractivity (Wildman–Crippen MR) is 135 cm³/mol. The number of hydrogen-bond donors (Lipinski definition) is 1. The van der Waals surface area contributed by atoms with Crippen LogP contribution < -0.4 is 10.1 Å². The number of nitrogens with one attached hydrogen (secondary N) is 1. The lowest BCUT2D eigenvalue weighted by atomic mass is 10.2. The lowest BCUT2D eigenvalue weighted by molar-refractivity contribution is -0.133. The Balaban J connectivity index is 1.73. The summed E-state index contributed by atoms with van der Waals surface area (Å²) in [5, 5.41) is 2.86. The van der Waals surface area contributed by atoms with Gasteiger partial charge in [-0.3, -0.25) is 4.79 Å². The first-order valence-corrected chi connectivity index (χ1v) is 11.9. The number of thiophene rings is 1. The monoisotopic (exact) mass is 481 g/mol. The summed E-state index contributed by atoms with van der Waals surface area (Å²) in [5.41, 5.74) is 1.66. The van der Waals surface area contributed by atoms with E-state index in [0.717, 1.165) is 10.4 Å². The van der Waals surface area contributed by atoms with Crippen LogP contribution in [0.3, 0.4) is 0 Å². The number of anilines is 1. The second kappa shape index (κ2) is 12.8. The molecule has 0 aliphatic rings. The number of amides is 3. The fraction of sp³-hybridized carbons (Fsp3) is 0.308. The number of rotatable bonds is 11. The topological polar surface area (TPSA) is 71.1 Å². The van der Waals surface area contributed by atoms with E-state index in [2.05, 4.69) is 11.4 Å². The van der Waals surface area contributed by atoms with Crippen LogP contribution in [0, 0.1) is 6.92 Å². The Morgan fingerprint density at radius 1 is 0.912 bits per heavy atom. The first-order valence-electron chi connectivity index (χ1n) is 11.0. The number of nitrogens with zero attached hydrogens (tertiary/aromatic N) is 2. The molecule has 0 aliphatic heterocycles. The number of hydrogen-bond acceptors (Lipinski definition) is 5. The maximum Gasteiger partial charge on any atom is 0.322 e. The Kier molecular flexibility index (Phi) is 9.49. The number of methoxy groups -OCH3 is 2. The van der Waals surface area contributed by atoms with Crippen molar-refractivity contribution < 1.29 is 19.1 Å². The van der Waals surface area contributed by atoms with E-state index in [4.69, 9.17) is 9.47 Å². The second-order valence-electron chi connectivity index (χ2n) is 7.82. The molecule has 0 aliphatic carbocycles. The zero-order valence-corrected chi connectivity index (χ0v) is 20.6. The summed E-state index contributed by atoms with van der Waals surface area (Å²) in [6, 6.07) is 20.7. The van der Waals surface area contributed by atoms with E-state index >= 15 is 0 Å². The fourth-order valence-electron chi connectivity index (χ4n) is 3.39. The molecule has 0 fully saturated rings. The summed E-state index contributed by atoms with van der Waals surface area (Å²) >= 11 is 1.67. The van der Waals surface area contributed by atoms with Gasteiger partial charge in [0.05, 0.1) is 20.3 Å². The maximum absolute atomic E-state index is 13.4. The van der Waals surface area contributed by atoms with Crippen molar-refractivity contribution >= 4 is 29.0 Å². The SMILES string of the molecule is COCCN(CC(=O)N(Cc1ccccc1)Cc1ccc(C)s1)C(=O)Nc1ccc(OC)cc1. The molecule has 7 nitrogen and oxygen atoms in total. The molecule has 180 valence electrons. The van der Waals surface area contributed by atoms with Gasteiger partial charge in [-0.15, -0.1) is 11.3 Å². The molecular weight excluding hydrogens is 450 g/mol. The van der Waals surface area contributed by atoms with Crippen LogP contribution in [-0.4, -0.2) is 55.7 Å². The average Bonchev–Trinajstić information content (AvgIpc) is 3.26. The standard InChI is InChI=1S/C26H31N3O4S/c1-20-9-14-24(34-20)18-29(17-21-7-5-4-6-8-21)25(30)19-28(15-16-32-2)26(31)27-22-10-12-23(33-3)13-11-22/h4-14H,15-19H2,1-3H3,(H,27,31). The Bertz CT molecular complexity index is 1050. The zero-order valence-electron chi connectivity index (χ0n) is 19.8. The van der Waals surface area contributed by atoms with Gasteiger partial charge in [0, 0.05) is 35.6 Å². The summed E-state index contributed by atoms with van der Waals surface area (Å²) in [4.78, 5) is 32.0. The quantitative estimate of drug-likeness (QED) is 0.428. The minimum Gasteiger partial charge on any atom is -0.497 e. The molecule has 3 amide bonds. The Morgan fingerprint density at radius 3 is 2.26 bits per heavy atom. The van der Waals surface area contributed by atoms with Gasteiger partial charge in [-0.1, -0.05) is 30.3 Å². The highest BCUT2D eigenvalue weighted by molar-refractivity contribution is 7.11. The number of ether oxygens (including phenoxy) is 2. The summed E-state index contributed by atoms with van der Waals surface area (Å²) in [5.74, 6) is 0.570. The van der Waals surface area contributed by atoms with Crippen molar-refractivity contribution in [1.82, 2.24) is 9.80 Å². The molecule has 1 N–H and O–H groups in total. The van der Waals surface area contributed by atoms with Gasteiger partial charge in [-0.25, -0.2) is 4.79 Å². The van der Waals surface area contributed by atoms with Crippen molar-refractivity contribution in [3.8, 4) is 5.75 Å². The van der Waals surface area contributed by atoms with Crippen LogP contribution in [0.2, 0.25) is 0 Å². The zero-order chi connectivity index (χ0) is 24.3. The van der Waals surface area contributed by atoms with Gasteiger partial charge in [0.1, 0.15) is 12.3 Å². The minimum absolute atomic E-state index is 0.0530. The molecule has 1 aromatic heterocycles. The minimum atomic E-state index is -0.359. The third kappa shape index (κ3) is 7.60. The highest BCUT2D eigenvalue weighted by atomic mass is 32.1. The van der Waals surface area contributed by atoms with Crippen molar-refractivity contribution in [2.45, 2.75) is 20.0 Å². The molecule has 0 spiro atoms. The van der Waals surface area contributed by atoms with Crippen molar-refractivity contribution in [2.24, 2.45) is 0 Å². The number of carbonyl (C=O) groups is 2. The van der Waals surface area contributed by atoms with Gasteiger partial charge in [-0.2, -0.15) is 0 Å². The van der Waals surface area contributed by atoms with E-state index in [9.17, 15) is 9.59 Å². The number of benzene rings is 2. The smallest absolute Gasteiger partial charge is 0.322 e. The Morgan fingerprint density at radius 2 is 1.65 bits per heavy atom. The number of aryl methyl sites for hydroxylation is 1. The molecule has 0 saturated carbocycles. The lowest BCUT2D eigenvalue weighted by Gasteiger charge is -2.27. The molecule has 0 atom stereocenters. The van der Waals surface area contributed by atoms with Crippen LogP contribution in [0.5, 0.6) is 5.75 Å². The molecule has 8 heteroatoms. The van der Waals surface area contributed by atoms with E-state index in [0.29, 0.717) is 37.7 Å². The molecule has 3 rings (SSSR count). The van der Waals surface area contributed by atoms with E-state index in [1.807, 2.05) is 43.3 Å². The van der Waals surface area contributed by atoms with E-state index in [-0.39, 0.29) is 18.5 Å². The van der Waals surface area contributed by atoms with Crippen LogP contribution in [0.25, 0.3) is 0 Å². The van der Waals surface area contributed by atoms with E-state index < -0.39 is 0 Å². The summed E-state index contributed by atoms with van der Waals surface area (Å²) < 4.78 is 10.3. The highest BCUT2D eigenvalue weighted by Gasteiger charge is 2.22. The highest BCUT2D eigenvalue weighted by Crippen LogP contribution is 2.19. The Labute approximate surface area is 204 Å². The second-order valence-corrected chi connectivity index (χ2v) is 9.19. The van der Waals surface area contributed by atoms with Crippen LogP contribution in [0.1, 0.15) is 15.3 Å². The fourth-order valence-corrected chi connectivity index (χ4v) is 4.29. The van der Waals surface area contributed by atoms with Gasteiger partial charge < -0.3 is 24.6 Å². The van der Waals surface area contributed by atoms with Crippen molar-refractivity contribution in [3.63, 3.8) is 0 Å². The molecule has 34 heavy (non-hydrogen) atoms. The summed E-state index contributed by atoms with van der Waals surface area (Å²) in [6.07, 6.45) is 0. The lowest BCUT2D eigenvalue weighted by Crippen LogP contribution is -2.45. The molecule has 3 aromatic rings. The first-order chi connectivity index (χ1) is 16.5. The van der Waals surface area contributed by atoms with Crippen LogP contribution >= 0.6 is 11.3 Å². The first kappa shape index (κ1) is 25.3. The Hall–Kier alpha value is -3.36. The largest absolute Gasteiger partial charge is 0.497 e. The third-order valence-electron chi connectivity index (χ3n) is 5.23. The van der Waals surface area contributed by atoms with Crippen molar-refractivity contribution in [2.75, 3.05) is 39.2 Å². The normalized spacial score (nSPS) is 10.6. The summed E-state index contributed by atoms with van der Waals surface area (Å²) in [7, 11) is 3.16. The van der Waals surface area contributed by atoms with Gasteiger partial charge >= 0.3 is 6.03 Å². The van der Waals surface area contributed by atoms with Crippen LogP contribution in [0.15, 0.2) is 66.7 Å². The van der Waals surface area contributed by atoms with Crippen molar-refractivity contribution in [1.29, 1.82) is 0 Å². The van der Waals surface area contributed by atoms with E-state index in [1.165, 1.54) is 9.78 Å². The molecular formula is C26H31N3O4S. The van der Waals surface area contributed by atoms with Gasteiger partial charge in [-0.05, 0) is 48.9 Å². The van der Waals surface area contributed by atoms with Gasteiger partial charge in [0.15, 0.2) is 0 Å². The van der Waals surface area contributed by atoms with Gasteiger partial charge in [0.2, 0.25) is 5.91 Å². The average molecular weight is 482 g/mol. The third-order valence-corrected chi connectivity index (χ3v) is 6.22. The van der Waals surface area contributed by atoms with Crippen LogP contribution in [0.4, 0.5) is 10.5 Å². The molecule has 0 bridgehead atoms. The molecule has 2 aromatic carbocycles. The maximum atomic E-state index is 13.4. The number of carbonyl (C=O) groups excluding carboxylic acids is 2.